The maximum Gasteiger partial charge on any atom is 0.335 e. The highest BCUT2D eigenvalue weighted by molar-refractivity contribution is 6.35. The topological polar surface area (TPSA) is 120 Å². The number of hydrogen-bond donors (Lipinski definition) is 4. The number of aromatic carboxylic acids is 1. The lowest BCUT2D eigenvalue weighted by Crippen LogP contribution is -2.38. The summed E-state index contributed by atoms with van der Waals surface area (Å²) in [6, 6.07) is 12.2. The Hall–Kier alpha value is -3.68. The van der Waals surface area contributed by atoms with E-state index in [1.165, 1.54) is 18.3 Å². The number of anilines is 2. The van der Waals surface area contributed by atoms with Crippen molar-refractivity contribution in [2.45, 2.75) is 27.2 Å². The molecule has 0 aliphatic rings. The lowest BCUT2D eigenvalue weighted by Gasteiger charge is -2.12. The van der Waals surface area contributed by atoms with Crippen molar-refractivity contribution in [3.63, 3.8) is 0 Å². The van der Waals surface area contributed by atoms with Crippen molar-refractivity contribution in [1.29, 1.82) is 0 Å². The molecule has 2 aromatic carbocycles. The Balaban J connectivity index is 2.13. The summed E-state index contributed by atoms with van der Waals surface area (Å²) < 4.78 is 0. The maximum atomic E-state index is 11.9. The van der Waals surface area contributed by atoms with E-state index in [1.54, 1.807) is 6.07 Å². The van der Waals surface area contributed by atoms with Gasteiger partial charge in [0.2, 0.25) is 0 Å². The summed E-state index contributed by atoms with van der Waals surface area (Å²) >= 11 is 0. The summed E-state index contributed by atoms with van der Waals surface area (Å²) in [5.74, 6) is -2.34. The molecule has 0 aromatic heterocycles. The molecule has 0 saturated carbocycles. The van der Waals surface area contributed by atoms with Crippen LogP contribution in [0.15, 0.2) is 47.6 Å². The number of hydrazone groups is 1. The summed E-state index contributed by atoms with van der Waals surface area (Å²) in [4.78, 5) is 34.9. The highest BCUT2D eigenvalue weighted by Crippen LogP contribution is 2.23. The minimum absolute atomic E-state index is 0.0736. The second-order valence-electron chi connectivity index (χ2n) is 7.18. The molecular formula is C22H26N4O4. The number of hydrogen-bond acceptors (Lipinski definition) is 5. The number of carbonyl (C=O) groups is 3. The van der Waals surface area contributed by atoms with Gasteiger partial charge in [-0.25, -0.2) is 10.2 Å². The Morgan fingerprint density at radius 1 is 1.07 bits per heavy atom. The molecule has 2 aromatic rings. The molecular weight excluding hydrogens is 384 g/mol. The largest absolute Gasteiger partial charge is 0.478 e. The first-order valence-electron chi connectivity index (χ1n) is 9.59. The fourth-order valence-corrected chi connectivity index (χ4v) is 2.54. The van der Waals surface area contributed by atoms with E-state index in [0.29, 0.717) is 23.7 Å². The normalized spacial score (nSPS) is 10.8. The number of carboxylic acid groups (broad SMARTS) is 1. The second-order valence-corrected chi connectivity index (χ2v) is 7.18. The summed E-state index contributed by atoms with van der Waals surface area (Å²) in [6.07, 6.45) is 2.06. The van der Waals surface area contributed by atoms with E-state index in [0.717, 1.165) is 17.7 Å². The summed E-state index contributed by atoms with van der Waals surface area (Å²) in [5.41, 5.74) is 5.14. The monoisotopic (exact) mass is 410 g/mol. The van der Waals surface area contributed by atoms with Gasteiger partial charge in [0.25, 0.3) is 0 Å². The van der Waals surface area contributed by atoms with Crippen LogP contribution in [0, 0.1) is 12.8 Å². The van der Waals surface area contributed by atoms with Crippen molar-refractivity contribution in [2.24, 2.45) is 11.0 Å². The van der Waals surface area contributed by atoms with Crippen molar-refractivity contribution >= 4 is 35.4 Å². The third kappa shape index (κ3) is 6.73. The Labute approximate surface area is 175 Å². The number of aryl methyl sites for hydroxylation is 1. The average molecular weight is 410 g/mol. The van der Waals surface area contributed by atoms with E-state index in [9.17, 15) is 19.5 Å². The zero-order valence-corrected chi connectivity index (χ0v) is 17.2. The maximum absolute atomic E-state index is 11.9. The number of carbonyl (C=O) groups excluding carboxylic acids is 2. The van der Waals surface area contributed by atoms with E-state index < -0.39 is 17.8 Å². The van der Waals surface area contributed by atoms with Crippen molar-refractivity contribution < 1.29 is 19.5 Å². The van der Waals surface area contributed by atoms with Gasteiger partial charge in [0.15, 0.2) is 0 Å². The van der Waals surface area contributed by atoms with Crippen LogP contribution in [0.1, 0.15) is 41.8 Å². The van der Waals surface area contributed by atoms with Crippen molar-refractivity contribution in [2.75, 3.05) is 11.9 Å². The standard InChI is InChI=1S/C22H26N4O4/c1-14(2)10-11-23-20(27)21(28)26-24-13-17-12-16(22(29)30)8-9-19(17)25-18-7-5-4-6-15(18)3/h4-9,12-14,25H,10-11H2,1-3H3,(H,23,27)(H,26,28)(H,29,30)/b24-13-. The van der Waals surface area contributed by atoms with E-state index in [-0.39, 0.29) is 5.56 Å². The van der Waals surface area contributed by atoms with Crippen LogP contribution >= 0.6 is 0 Å². The van der Waals surface area contributed by atoms with Gasteiger partial charge in [-0.1, -0.05) is 32.0 Å². The van der Waals surface area contributed by atoms with Crippen molar-refractivity contribution in [1.82, 2.24) is 10.7 Å². The lowest BCUT2D eigenvalue weighted by molar-refractivity contribution is -0.139. The number of para-hydroxylation sites is 1. The summed E-state index contributed by atoms with van der Waals surface area (Å²) in [7, 11) is 0. The minimum Gasteiger partial charge on any atom is -0.478 e. The molecule has 0 atom stereocenters. The van der Waals surface area contributed by atoms with Crippen LogP contribution in [0.2, 0.25) is 0 Å². The molecule has 0 saturated heterocycles. The van der Waals surface area contributed by atoms with Gasteiger partial charge >= 0.3 is 17.8 Å². The van der Waals surface area contributed by atoms with E-state index in [4.69, 9.17) is 0 Å². The van der Waals surface area contributed by atoms with Crippen LogP contribution in [-0.2, 0) is 9.59 Å². The van der Waals surface area contributed by atoms with Crippen LogP contribution in [0.5, 0.6) is 0 Å². The number of nitrogens with one attached hydrogen (secondary N) is 3. The van der Waals surface area contributed by atoms with Crippen LogP contribution in [0.4, 0.5) is 11.4 Å². The molecule has 158 valence electrons. The zero-order chi connectivity index (χ0) is 22.1. The zero-order valence-electron chi connectivity index (χ0n) is 17.2. The molecule has 0 aliphatic carbocycles. The van der Waals surface area contributed by atoms with Crippen molar-refractivity contribution in [3.05, 3.63) is 59.2 Å². The van der Waals surface area contributed by atoms with Crippen LogP contribution < -0.4 is 16.1 Å². The Morgan fingerprint density at radius 3 is 2.47 bits per heavy atom. The molecule has 30 heavy (non-hydrogen) atoms. The Morgan fingerprint density at radius 2 is 1.80 bits per heavy atom. The predicted octanol–water partition coefficient (Wildman–Crippen LogP) is 3.05. The second kappa shape index (κ2) is 10.8. The summed E-state index contributed by atoms with van der Waals surface area (Å²) in [5, 5.41) is 18.8. The lowest BCUT2D eigenvalue weighted by atomic mass is 10.1. The smallest absolute Gasteiger partial charge is 0.335 e. The quantitative estimate of drug-likeness (QED) is 0.303. The van der Waals surface area contributed by atoms with E-state index in [1.807, 2.05) is 45.0 Å². The van der Waals surface area contributed by atoms with Crippen LogP contribution in [0.25, 0.3) is 0 Å². The molecule has 0 bridgehead atoms. The fourth-order valence-electron chi connectivity index (χ4n) is 2.54. The molecule has 0 aliphatic heterocycles. The SMILES string of the molecule is Cc1ccccc1Nc1ccc(C(=O)O)cc1/C=N\NC(=O)C(=O)NCCC(C)C. The van der Waals surface area contributed by atoms with Gasteiger partial charge in [0.1, 0.15) is 0 Å². The first kappa shape index (κ1) is 22.6. The van der Waals surface area contributed by atoms with Gasteiger partial charge in [-0.05, 0) is 49.1 Å². The number of rotatable bonds is 8. The number of nitrogens with zero attached hydrogens (tertiary/aromatic N) is 1. The molecule has 0 spiro atoms. The fraction of sp³-hybridized carbons (Fsp3) is 0.273. The van der Waals surface area contributed by atoms with E-state index >= 15 is 0 Å². The van der Waals surface area contributed by atoms with Gasteiger partial charge in [-0.3, -0.25) is 9.59 Å². The summed E-state index contributed by atoms with van der Waals surface area (Å²) in [6.45, 7) is 6.38. The third-order valence-corrected chi connectivity index (χ3v) is 4.30. The van der Waals surface area contributed by atoms with Gasteiger partial charge in [0.05, 0.1) is 11.8 Å². The van der Waals surface area contributed by atoms with Gasteiger partial charge < -0.3 is 15.7 Å². The van der Waals surface area contributed by atoms with Gasteiger partial charge in [0, 0.05) is 23.5 Å². The molecule has 8 heteroatoms. The molecule has 2 rings (SSSR count). The minimum atomic E-state index is -1.08. The molecule has 8 nitrogen and oxygen atoms in total. The average Bonchev–Trinajstić information content (AvgIpc) is 2.70. The molecule has 4 N–H and O–H groups in total. The highest BCUT2D eigenvalue weighted by atomic mass is 16.4. The van der Waals surface area contributed by atoms with Crippen LogP contribution in [-0.4, -0.2) is 35.6 Å². The molecule has 0 unspecified atom stereocenters. The Bertz CT molecular complexity index is 954. The van der Waals surface area contributed by atoms with Gasteiger partial charge in [-0.15, -0.1) is 0 Å². The van der Waals surface area contributed by atoms with Crippen molar-refractivity contribution in [3.8, 4) is 0 Å². The molecule has 0 radical (unpaired) electrons. The third-order valence-electron chi connectivity index (χ3n) is 4.30. The predicted molar refractivity (Wildman–Crippen MR) is 116 cm³/mol. The van der Waals surface area contributed by atoms with Crippen LogP contribution in [0.3, 0.4) is 0 Å². The number of amides is 2. The Kier molecular flexibility index (Phi) is 8.10. The molecule has 0 heterocycles. The molecule has 0 fully saturated rings. The highest BCUT2D eigenvalue weighted by Gasteiger charge is 2.12. The first-order valence-corrected chi connectivity index (χ1v) is 9.59. The number of benzene rings is 2. The van der Waals surface area contributed by atoms with Gasteiger partial charge in [-0.2, -0.15) is 5.10 Å². The molecule has 2 amide bonds. The first-order chi connectivity index (χ1) is 14.3. The van der Waals surface area contributed by atoms with E-state index in [2.05, 4.69) is 21.2 Å². The number of carboxylic acids is 1.